The molecule has 2 aromatic rings. The van der Waals surface area contributed by atoms with E-state index < -0.39 is 5.63 Å². The average molecular weight is 344 g/mol. The fourth-order valence-electron chi connectivity index (χ4n) is 1.90. The number of nitrogens with one attached hydrogen (secondary N) is 1. The number of H-pyrrole nitrogens is 1. The van der Waals surface area contributed by atoms with Crippen LogP contribution in [0.4, 0.5) is 0 Å². The largest absolute Gasteiger partial charge is 0.496 e. The van der Waals surface area contributed by atoms with E-state index in [9.17, 15) is 4.79 Å². The number of hydrogen-bond donors (Lipinski definition) is 1. The Balaban J connectivity index is 1.92. The highest BCUT2D eigenvalue weighted by molar-refractivity contribution is 6.31. The maximum absolute atomic E-state index is 11.6. The number of rotatable bonds is 6. The Morgan fingerprint density at radius 2 is 1.79 bits per heavy atom. The predicted molar refractivity (Wildman–Crippen MR) is 98.4 cm³/mol. The van der Waals surface area contributed by atoms with Gasteiger partial charge >= 0.3 is 5.63 Å². The molecule has 0 saturated carbocycles. The molecule has 0 amide bonds. The lowest BCUT2D eigenvalue weighted by Gasteiger charge is -2.02. The summed E-state index contributed by atoms with van der Waals surface area (Å²) in [6.07, 6.45) is 16.5. The highest BCUT2D eigenvalue weighted by Crippen LogP contribution is 2.16. The lowest BCUT2D eigenvalue weighted by atomic mass is 10.2. The van der Waals surface area contributed by atoms with Crippen molar-refractivity contribution >= 4 is 23.8 Å². The van der Waals surface area contributed by atoms with Gasteiger partial charge in [-0.3, -0.25) is 0 Å². The number of halogens is 1. The van der Waals surface area contributed by atoms with E-state index in [4.69, 9.17) is 20.8 Å². The molecule has 5 heteroatoms. The molecule has 0 aliphatic carbocycles. The molecule has 0 aliphatic rings. The highest BCUT2D eigenvalue weighted by atomic mass is 35.5. The molecule has 0 spiro atoms. The summed E-state index contributed by atoms with van der Waals surface area (Å²) in [5, 5.41) is 0.688. The summed E-state index contributed by atoms with van der Waals surface area (Å²) in [7, 11) is 1.52. The number of allylic oxidation sites excluding steroid dienone is 6. The van der Waals surface area contributed by atoms with E-state index in [0.717, 1.165) is 5.69 Å². The van der Waals surface area contributed by atoms with E-state index in [1.165, 1.54) is 7.11 Å². The second-order valence-electron chi connectivity index (χ2n) is 4.86. The van der Waals surface area contributed by atoms with Crippen LogP contribution in [-0.4, -0.2) is 12.1 Å². The summed E-state index contributed by atoms with van der Waals surface area (Å²) in [5.41, 5.74) is 0.932. The SMILES string of the molecule is COc1cc(/C=C/C=C\C=C\C=C\c2[nH]ccc2Cl)oc(=O)c1C. The minimum absolute atomic E-state index is 0.397. The Labute approximate surface area is 145 Å². The second-order valence-corrected chi connectivity index (χ2v) is 5.26. The first-order valence-electron chi connectivity index (χ1n) is 7.31. The minimum atomic E-state index is -0.397. The van der Waals surface area contributed by atoms with Crippen LogP contribution in [0.15, 0.2) is 64.0 Å². The van der Waals surface area contributed by atoms with Crippen LogP contribution >= 0.6 is 11.6 Å². The Hall–Kier alpha value is -2.72. The van der Waals surface area contributed by atoms with Crippen molar-refractivity contribution in [2.45, 2.75) is 6.92 Å². The highest BCUT2D eigenvalue weighted by Gasteiger charge is 2.05. The molecular weight excluding hydrogens is 326 g/mol. The van der Waals surface area contributed by atoms with E-state index in [1.54, 1.807) is 37.4 Å². The summed E-state index contributed by atoms with van der Waals surface area (Å²) in [5.74, 6) is 0.959. The molecule has 0 aliphatic heterocycles. The minimum Gasteiger partial charge on any atom is -0.496 e. The third kappa shape index (κ3) is 4.89. The van der Waals surface area contributed by atoms with E-state index in [0.29, 0.717) is 22.1 Å². The molecule has 24 heavy (non-hydrogen) atoms. The summed E-state index contributed by atoms with van der Waals surface area (Å²) in [6.45, 7) is 1.66. The first-order valence-corrected chi connectivity index (χ1v) is 7.69. The van der Waals surface area contributed by atoms with Gasteiger partial charge in [0.25, 0.3) is 0 Å². The van der Waals surface area contributed by atoms with Crippen LogP contribution in [0.1, 0.15) is 17.0 Å². The molecule has 2 heterocycles. The van der Waals surface area contributed by atoms with E-state index in [1.807, 2.05) is 36.5 Å². The zero-order chi connectivity index (χ0) is 17.4. The predicted octanol–water partition coefficient (Wildman–Crippen LogP) is 4.78. The van der Waals surface area contributed by atoms with Gasteiger partial charge in [0.05, 0.1) is 23.4 Å². The van der Waals surface area contributed by atoms with Gasteiger partial charge in [-0.15, -0.1) is 0 Å². The van der Waals surface area contributed by atoms with Gasteiger partial charge in [0.1, 0.15) is 11.5 Å². The molecule has 0 unspecified atom stereocenters. The summed E-state index contributed by atoms with van der Waals surface area (Å²) >= 11 is 5.95. The number of methoxy groups -OCH3 is 1. The third-order valence-electron chi connectivity index (χ3n) is 3.18. The first kappa shape index (κ1) is 17.6. The summed E-state index contributed by atoms with van der Waals surface area (Å²) in [6, 6.07) is 3.48. The van der Waals surface area contributed by atoms with Gasteiger partial charge in [0, 0.05) is 12.3 Å². The van der Waals surface area contributed by atoms with E-state index in [2.05, 4.69) is 4.98 Å². The molecule has 0 radical (unpaired) electrons. The van der Waals surface area contributed by atoms with Gasteiger partial charge in [-0.25, -0.2) is 4.79 Å². The fourth-order valence-corrected chi connectivity index (χ4v) is 2.08. The lowest BCUT2D eigenvalue weighted by molar-refractivity contribution is 0.395. The third-order valence-corrected chi connectivity index (χ3v) is 3.51. The van der Waals surface area contributed by atoms with Crippen molar-refractivity contribution < 1.29 is 9.15 Å². The van der Waals surface area contributed by atoms with Gasteiger partial charge in [-0.2, -0.15) is 0 Å². The molecule has 4 nitrogen and oxygen atoms in total. The first-order chi connectivity index (χ1) is 11.6. The Morgan fingerprint density at radius 1 is 1.12 bits per heavy atom. The van der Waals surface area contributed by atoms with Crippen molar-refractivity contribution in [1.82, 2.24) is 4.98 Å². The molecule has 2 aromatic heterocycles. The average Bonchev–Trinajstić information content (AvgIpc) is 2.98. The van der Waals surface area contributed by atoms with Gasteiger partial charge in [-0.1, -0.05) is 48.1 Å². The molecular formula is C19H18ClNO3. The van der Waals surface area contributed by atoms with E-state index >= 15 is 0 Å². The van der Waals surface area contributed by atoms with Gasteiger partial charge < -0.3 is 14.1 Å². The standard InChI is InChI=1S/C19H18ClNO3/c1-14-18(23-2)13-15(24-19(14)22)9-7-5-3-4-6-8-10-17-16(20)11-12-21-17/h3-13,21H,1-2H3/b5-3-,6-4+,9-7+,10-8+. The zero-order valence-corrected chi connectivity index (χ0v) is 14.2. The van der Waals surface area contributed by atoms with Crippen molar-refractivity contribution in [2.24, 2.45) is 0 Å². The van der Waals surface area contributed by atoms with Crippen molar-refractivity contribution in [1.29, 1.82) is 0 Å². The number of aromatic nitrogens is 1. The normalized spacial score (nSPS) is 12.3. The van der Waals surface area contributed by atoms with Crippen LogP contribution < -0.4 is 10.4 Å². The monoisotopic (exact) mass is 343 g/mol. The fraction of sp³-hybridized carbons (Fsp3) is 0.105. The van der Waals surface area contributed by atoms with Crippen LogP contribution in [0.3, 0.4) is 0 Å². The topological polar surface area (TPSA) is 55.2 Å². The van der Waals surface area contributed by atoms with Crippen molar-refractivity contribution in [3.05, 3.63) is 87.2 Å². The van der Waals surface area contributed by atoms with Gasteiger partial charge in [0.2, 0.25) is 0 Å². The molecule has 0 fully saturated rings. The van der Waals surface area contributed by atoms with Crippen LogP contribution in [0.25, 0.3) is 12.2 Å². The van der Waals surface area contributed by atoms with Gasteiger partial charge in [-0.05, 0) is 25.1 Å². The maximum atomic E-state index is 11.6. The van der Waals surface area contributed by atoms with E-state index in [-0.39, 0.29) is 0 Å². The Morgan fingerprint density at radius 3 is 2.42 bits per heavy atom. The zero-order valence-electron chi connectivity index (χ0n) is 13.5. The molecule has 0 bridgehead atoms. The quantitative estimate of drug-likeness (QED) is 0.768. The molecule has 0 atom stereocenters. The molecule has 2 rings (SSSR count). The number of aromatic amines is 1. The molecule has 0 aromatic carbocycles. The number of ether oxygens (including phenoxy) is 1. The molecule has 0 saturated heterocycles. The second kappa shape index (κ2) is 8.79. The van der Waals surface area contributed by atoms with Gasteiger partial charge in [0.15, 0.2) is 0 Å². The summed E-state index contributed by atoms with van der Waals surface area (Å²) < 4.78 is 10.3. The van der Waals surface area contributed by atoms with Crippen LogP contribution in [0.5, 0.6) is 5.75 Å². The van der Waals surface area contributed by atoms with Crippen LogP contribution in [0.2, 0.25) is 5.02 Å². The smallest absolute Gasteiger partial charge is 0.342 e. The van der Waals surface area contributed by atoms with Crippen molar-refractivity contribution in [2.75, 3.05) is 7.11 Å². The maximum Gasteiger partial charge on any atom is 0.342 e. The van der Waals surface area contributed by atoms with Crippen molar-refractivity contribution in [3.8, 4) is 5.75 Å². The Bertz CT molecular complexity index is 854. The molecule has 1 N–H and O–H groups in total. The van der Waals surface area contributed by atoms with Crippen LogP contribution in [-0.2, 0) is 0 Å². The Kier molecular flexibility index (Phi) is 6.46. The van der Waals surface area contributed by atoms with Crippen molar-refractivity contribution in [3.63, 3.8) is 0 Å². The number of hydrogen-bond acceptors (Lipinski definition) is 3. The lowest BCUT2D eigenvalue weighted by Crippen LogP contribution is -2.05. The molecule has 124 valence electrons. The van der Waals surface area contributed by atoms with Crippen LogP contribution in [0, 0.1) is 6.92 Å². The summed E-state index contributed by atoms with van der Waals surface area (Å²) in [4.78, 5) is 14.6.